The van der Waals surface area contributed by atoms with Gasteiger partial charge in [-0.05, 0) is 56.6 Å². The number of hydrogen-bond donors (Lipinski definition) is 1. The van der Waals surface area contributed by atoms with Crippen LogP contribution in [-0.2, 0) is 0 Å². The van der Waals surface area contributed by atoms with E-state index < -0.39 is 0 Å². The first-order valence-corrected chi connectivity index (χ1v) is 9.95. The Bertz CT molecular complexity index is 613. The van der Waals surface area contributed by atoms with Crippen molar-refractivity contribution in [2.24, 2.45) is 11.8 Å². The standard InChI is InChI=1S/C21H29NO3/c23-19-9-3-1-6-16(19)18-8-5-13-22(18)21(24)17-7-2-4-10-20(17)25-14-15-11-12-15/h2,4,7,10,15-16,18-19,23H,1,3,5-6,8-9,11-14H2. The Balaban J connectivity index is 1.51. The maximum absolute atomic E-state index is 13.3. The molecule has 1 aliphatic heterocycles. The number of likely N-dealkylation sites (tertiary alicyclic amines) is 1. The van der Waals surface area contributed by atoms with Crippen LogP contribution in [0.5, 0.6) is 5.75 Å². The molecule has 1 saturated heterocycles. The first-order valence-electron chi connectivity index (χ1n) is 9.95. The smallest absolute Gasteiger partial charge is 0.257 e. The molecule has 4 heteroatoms. The zero-order valence-corrected chi connectivity index (χ0v) is 14.9. The summed E-state index contributed by atoms with van der Waals surface area (Å²) in [7, 11) is 0. The maximum Gasteiger partial charge on any atom is 0.257 e. The van der Waals surface area contributed by atoms with Gasteiger partial charge in [-0.2, -0.15) is 0 Å². The maximum atomic E-state index is 13.3. The molecular formula is C21H29NO3. The average molecular weight is 343 g/mol. The Hall–Kier alpha value is -1.55. The van der Waals surface area contributed by atoms with E-state index in [4.69, 9.17) is 4.74 Å². The van der Waals surface area contributed by atoms with Crippen LogP contribution in [0.15, 0.2) is 24.3 Å². The zero-order valence-electron chi connectivity index (χ0n) is 14.9. The van der Waals surface area contributed by atoms with Crippen molar-refractivity contribution in [3.8, 4) is 5.75 Å². The highest BCUT2D eigenvalue weighted by molar-refractivity contribution is 5.97. The van der Waals surface area contributed by atoms with Gasteiger partial charge >= 0.3 is 0 Å². The van der Waals surface area contributed by atoms with Crippen LogP contribution in [0.3, 0.4) is 0 Å². The highest BCUT2D eigenvalue weighted by Crippen LogP contribution is 2.36. The van der Waals surface area contributed by atoms with Gasteiger partial charge in [-0.15, -0.1) is 0 Å². The van der Waals surface area contributed by atoms with Gasteiger partial charge in [-0.3, -0.25) is 4.79 Å². The number of aliphatic hydroxyl groups excluding tert-OH is 1. The number of hydrogen-bond acceptors (Lipinski definition) is 3. The number of ether oxygens (including phenoxy) is 1. The lowest BCUT2D eigenvalue weighted by Gasteiger charge is -2.37. The highest BCUT2D eigenvalue weighted by atomic mass is 16.5. The van der Waals surface area contributed by atoms with Crippen molar-refractivity contribution >= 4 is 5.91 Å². The molecule has 0 radical (unpaired) electrons. The quantitative estimate of drug-likeness (QED) is 0.888. The molecule has 1 aromatic rings. The third-order valence-electron chi connectivity index (χ3n) is 6.12. The SMILES string of the molecule is O=C(c1ccccc1OCC1CC1)N1CCCC1C1CCCCC1O. The van der Waals surface area contributed by atoms with E-state index in [1.165, 1.54) is 19.3 Å². The fourth-order valence-corrected chi connectivity index (χ4v) is 4.49. The number of nitrogens with zero attached hydrogens (tertiary/aromatic N) is 1. The first kappa shape index (κ1) is 16.9. The molecule has 0 spiro atoms. The van der Waals surface area contributed by atoms with Crippen molar-refractivity contribution in [1.82, 2.24) is 4.90 Å². The van der Waals surface area contributed by atoms with Crippen LogP contribution in [-0.4, -0.2) is 41.2 Å². The number of para-hydroxylation sites is 1. The lowest BCUT2D eigenvalue weighted by molar-refractivity contribution is 0.0210. The van der Waals surface area contributed by atoms with Crippen LogP contribution in [0.1, 0.15) is 61.7 Å². The Morgan fingerprint density at radius 1 is 1.08 bits per heavy atom. The van der Waals surface area contributed by atoms with Crippen LogP contribution >= 0.6 is 0 Å². The summed E-state index contributed by atoms with van der Waals surface area (Å²) >= 11 is 0. The zero-order chi connectivity index (χ0) is 17.2. The lowest BCUT2D eigenvalue weighted by atomic mass is 9.80. The Labute approximate surface area is 150 Å². The molecule has 3 atom stereocenters. The van der Waals surface area contributed by atoms with Gasteiger partial charge in [-0.1, -0.05) is 25.0 Å². The minimum atomic E-state index is -0.256. The summed E-state index contributed by atoms with van der Waals surface area (Å²) in [6.45, 7) is 1.51. The molecule has 1 N–H and O–H groups in total. The minimum absolute atomic E-state index is 0.0756. The Morgan fingerprint density at radius 3 is 2.68 bits per heavy atom. The molecule has 1 aromatic carbocycles. The van der Waals surface area contributed by atoms with E-state index in [1.54, 1.807) is 0 Å². The van der Waals surface area contributed by atoms with Crippen LogP contribution in [0, 0.1) is 11.8 Å². The summed E-state index contributed by atoms with van der Waals surface area (Å²) < 4.78 is 5.95. The van der Waals surface area contributed by atoms with E-state index >= 15 is 0 Å². The molecule has 3 unspecified atom stereocenters. The molecule has 3 fully saturated rings. The molecule has 136 valence electrons. The summed E-state index contributed by atoms with van der Waals surface area (Å²) in [5, 5.41) is 10.4. The van der Waals surface area contributed by atoms with Gasteiger partial charge in [0.05, 0.1) is 18.3 Å². The van der Waals surface area contributed by atoms with E-state index in [0.29, 0.717) is 17.2 Å². The van der Waals surface area contributed by atoms with E-state index in [9.17, 15) is 9.90 Å². The van der Waals surface area contributed by atoms with Crippen LogP contribution < -0.4 is 4.74 Å². The van der Waals surface area contributed by atoms with Crippen LogP contribution in [0.25, 0.3) is 0 Å². The molecule has 25 heavy (non-hydrogen) atoms. The number of amides is 1. The second-order valence-corrected chi connectivity index (χ2v) is 7.97. The average Bonchev–Trinajstić information content (AvgIpc) is 3.35. The topological polar surface area (TPSA) is 49.8 Å². The van der Waals surface area contributed by atoms with E-state index in [1.807, 2.05) is 29.2 Å². The number of rotatable bonds is 5. The number of carbonyl (C=O) groups is 1. The summed E-state index contributed by atoms with van der Waals surface area (Å²) in [6.07, 6.45) is 8.46. The van der Waals surface area contributed by atoms with Crippen molar-refractivity contribution in [3.05, 3.63) is 29.8 Å². The fourth-order valence-electron chi connectivity index (χ4n) is 4.49. The first-order chi connectivity index (χ1) is 12.2. The Morgan fingerprint density at radius 2 is 1.88 bits per heavy atom. The minimum Gasteiger partial charge on any atom is -0.492 e. The van der Waals surface area contributed by atoms with Gasteiger partial charge in [0, 0.05) is 18.5 Å². The molecule has 1 amide bonds. The Kier molecular flexibility index (Phi) is 4.98. The van der Waals surface area contributed by atoms with Crippen LogP contribution in [0.2, 0.25) is 0 Å². The van der Waals surface area contributed by atoms with E-state index in [-0.39, 0.29) is 24.0 Å². The van der Waals surface area contributed by atoms with Gasteiger partial charge in [0.15, 0.2) is 0 Å². The monoisotopic (exact) mass is 343 g/mol. The fraction of sp³-hybridized carbons (Fsp3) is 0.667. The predicted molar refractivity (Wildman–Crippen MR) is 96.7 cm³/mol. The molecule has 4 rings (SSSR count). The van der Waals surface area contributed by atoms with Crippen LogP contribution in [0.4, 0.5) is 0 Å². The second-order valence-electron chi connectivity index (χ2n) is 7.97. The highest BCUT2D eigenvalue weighted by Gasteiger charge is 2.39. The summed E-state index contributed by atoms with van der Waals surface area (Å²) in [6, 6.07) is 7.83. The van der Waals surface area contributed by atoms with Crippen molar-refractivity contribution in [2.45, 2.75) is 63.5 Å². The van der Waals surface area contributed by atoms with Gasteiger partial charge in [0.2, 0.25) is 0 Å². The number of aliphatic hydroxyl groups is 1. The van der Waals surface area contributed by atoms with E-state index in [2.05, 4.69) is 0 Å². The number of benzene rings is 1. The third-order valence-corrected chi connectivity index (χ3v) is 6.12. The van der Waals surface area contributed by atoms with Gasteiger partial charge in [0.1, 0.15) is 5.75 Å². The molecule has 1 heterocycles. The molecule has 4 nitrogen and oxygen atoms in total. The van der Waals surface area contributed by atoms with E-state index in [0.717, 1.165) is 45.3 Å². The largest absolute Gasteiger partial charge is 0.492 e. The predicted octanol–water partition coefficient (Wildman–Crippen LogP) is 3.63. The third kappa shape index (κ3) is 3.69. The van der Waals surface area contributed by atoms with Gasteiger partial charge < -0.3 is 14.7 Å². The molecule has 3 aliphatic rings. The molecule has 0 aromatic heterocycles. The van der Waals surface area contributed by atoms with Crippen molar-refractivity contribution < 1.29 is 14.6 Å². The lowest BCUT2D eigenvalue weighted by Crippen LogP contribution is -2.45. The van der Waals surface area contributed by atoms with Gasteiger partial charge in [0.25, 0.3) is 5.91 Å². The summed E-state index contributed by atoms with van der Waals surface area (Å²) in [4.78, 5) is 15.3. The van der Waals surface area contributed by atoms with Crippen molar-refractivity contribution in [2.75, 3.05) is 13.2 Å². The molecule has 2 saturated carbocycles. The van der Waals surface area contributed by atoms with Crippen molar-refractivity contribution in [1.29, 1.82) is 0 Å². The van der Waals surface area contributed by atoms with Gasteiger partial charge in [-0.25, -0.2) is 0 Å². The normalized spacial score (nSPS) is 29.6. The second kappa shape index (κ2) is 7.36. The number of carbonyl (C=O) groups excluding carboxylic acids is 1. The molecule has 2 aliphatic carbocycles. The van der Waals surface area contributed by atoms with Crippen molar-refractivity contribution in [3.63, 3.8) is 0 Å². The summed E-state index contributed by atoms with van der Waals surface area (Å²) in [5.41, 5.74) is 0.681. The molecular weight excluding hydrogens is 314 g/mol. The molecule has 0 bridgehead atoms. The summed E-state index contributed by atoms with van der Waals surface area (Å²) in [5.74, 6) is 1.70.